The zero-order valence-corrected chi connectivity index (χ0v) is 9.90. The Balaban J connectivity index is 2.21. The van der Waals surface area contributed by atoms with Gasteiger partial charge in [0, 0.05) is 26.1 Å². The van der Waals surface area contributed by atoms with Crippen LogP contribution in [0.3, 0.4) is 0 Å². The number of nitrogens with zero attached hydrogens (tertiary/aromatic N) is 4. The second-order valence-electron chi connectivity index (χ2n) is 3.68. The van der Waals surface area contributed by atoms with Crippen LogP contribution < -0.4 is 10.6 Å². The van der Waals surface area contributed by atoms with Gasteiger partial charge in [-0.15, -0.1) is 0 Å². The maximum Gasteiger partial charge on any atom is 0.242 e. The van der Waals surface area contributed by atoms with Gasteiger partial charge in [0.1, 0.15) is 0 Å². The molecule has 1 heterocycles. The van der Waals surface area contributed by atoms with E-state index >= 15 is 0 Å². The van der Waals surface area contributed by atoms with Crippen LogP contribution in [0.25, 0.3) is 0 Å². The van der Waals surface area contributed by atoms with Gasteiger partial charge in [-0.25, -0.2) is 4.68 Å². The minimum atomic E-state index is 0.0389. The number of nitrogens with one attached hydrogen (secondary N) is 2. The molecule has 1 rings (SSSR count). The van der Waals surface area contributed by atoms with E-state index in [1.807, 2.05) is 13.8 Å². The molecule has 0 spiro atoms. The minimum absolute atomic E-state index is 0.0389. The van der Waals surface area contributed by atoms with E-state index in [1.54, 1.807) is 7.05 Å². The number of amides is 1. The highest BCUT2D eigenvalue weighted by atomic mass is 16.1. The van der Waals surface area contributed by atoms with Crippen LogP contribution in [-0.2, 0) is 11.8 Å². The maximum absolute atomic E-state index is 11.4. The number of hydrogen-bond donors (Lipinski definition) is 2. The Bertz CT molecular complexity index is 336. The van der Waals surface area contributed by atoms with E-state index < -0.39 is 0 Å². The van der Waals surface area contributed by atoms with Crippen LogP contribution in [0.4, 0.5) is 5.95 Å². The van der Waals surface area contributed by atoms with Gasteiger partial charge in [-0.05, 0) is 23.8 Å². The topological polar surface area (TPSA) is 84.7 Å². The van der Waals surface area contributed by atoms with E-state index in [-0.39, 0.29) is 11.9 Å². The molecular formula is C9H18N6O. The normalized spacial score (nSPS) is 12.2. The molecule has 1 aromatic rings. The van der Waals surface area contributed by atoms with E-state index in [0.717, 1.165) is 6.42 Å². The minimum Gasteiger partial charge on any atom is -0.354 e. The van der Waals surface area contributed by atoms with E-state index in [0.29, 0.717) is 18.9 Å². The summed E-state index contributed by atoms with van der Waals surface area (Å²) in [7, 11) is 1.74. The molecule has 0 aromatic carbocycles. The second-order valence-corrected chi connectivity index (χ2v) is 3.68. The maximum atomic E-state index is 11.4. The Labute approximate surface area is 94.6 Å². The summed E-state index contributed by atoms with van der Waals surface area (Å²) in [6, 6.07) is 0.226. The van der Waals surface area contributed by atoms with Gasteiger partial charge in [-0.3, -0.25) is 4.79 Å². The SMILES string of the molecule is CCC(C)NC(=O)CCNc1nnnn1C. The Morgan fingerprint density at radius 2 is 2.31 bits per heavy atom. The van der Waals surface area contributed by atoms with Gasteiger partial charge < -0.3 is 10.6 Å². The highest BCUT2D eigenvalue weighted by Crippen LogP contribution is 1.96. The lowest BCUT2D eigenvalue weighted by Gasteiger charge is -2.11. The van der Waals surface area contributed by atoms with Crippen LogP contribution in [-0.4, -0.2) is 38.7 Å². The van der Waals surface area contributed by atoms with Crippen molar-refractivity contribution in [3.63, 3.8) is 0 Å². The van der Waals surface area contributed by atoms with Crippen molar-refractivity contribution in [3.05, 3.63) is 0 Å². The van der Waals surface area contributed by atoms with Crippen molar-refractivity contribution in [3.8, 4) is 0 Å². The third-order valence-electron chi connectivity index (χ3n) is 2.28. The summed E-state index contributed by atoms with van der Waals surface area (Å²) in [4.78, 5) is 11.4. The summed E-state index contributed by atoms with van der Waals surface area (Å²) in [6.07, 6.45) is 1.35. The molecule has 1 atom stereocenters. The highest BCUT2D eigenvalue weighted by Gasteiger charge is 2.06. The van der Waals surface area contributed by atoms with Crippen LogP contribution >= 0.6 is 0 Å². The van der Waals surface area contributed by atoms with Crippen LogP contribution in [0.1, 0.15) is 26.7 Å². The Kier molecular flexibility index (Phi) is 4.68. The zero-order valence-electron chi connectivity index (χ0n) is 9.90. The summed E-state index contributed by atoms with van der Waals surface area (Å²) in [6.45, 7) is 4.54. The van der Waals surface area contributed by atoms with Gasteiger partial charge in [-0.2, -0.15) is 0 Å². The lowest BCUT2D eigenvalue weighted by molar-refractivity contribution is -0.121. The third-order valence-corrected chi connectivity index (χ3v) is 2.28. The summed E-state index contributed by atoms with van der Waals surface area (Å²) in [5.74, 6) is 0.605. The third kappa shape index (κ3) is 3.84. The molecule has 7 nitrogen and oxygen atoms in total. The number of anilines is 1. The number of tetrazole rings is 1. The van der Waals surface area contributed by atoms with Crippen molar-refractivity contribution < 1.29 is 4.79 Å². The molecule has 2 N–H and O–H groups in total. The van der Waals surface area contributed by atoms with Crippen molar-refractivity contribution in [1.82, 2.24) is 25.5 Å². The summed E-state index contributed by atoms with van der Waals surface area (Å²) < 4.78 is 1.52. The molecule has 1 unspecified atom stereocenters. The molecule has 7 heteroatoms. The van der Waals surface area contributed by atoms with Gasteiger partial charge >= 0.3 is 0 Å². The molecule has 0 aliphatic carbocycles. The molecule has 1 aromatic heterocycles. The highest BCUT2D eigenvalue weighted by molar-refractivity contribution is 5.76. The Morgan fingerprint density at radius 3 is 2.88 bits per heavy atom. The van der Waals surface area contributed by atoms with Gasteiger partial charge in [0.05, 0.1) is 0 Å². The smallest absolute Gasteiger partial charge is 0.242 e. The van der Waals surface area contributed by atoms with Crippen LogP contribution in [0.2, 0.25) is 0 Å². The molecule has 0 saturated heterocycles. The molecule has 90 valence electrons. The molecule has 0 radical (unpaired) electrons. The number of rotatable bonds is 6. The Morgan fingerprint density at radius 1 is 1.56 bits per heavy atom. The van der Waals surface area contributed by atoms with Crippen molar-refractivity contribution in [2.24, 2.45) is 7.05 Å². The fourth-order valence-electron chi connectivity index (χ4n) is 1.12. The molecule has 0 bridgehead atoms. The molecule has 0 saturated carbocycles. The van der Waals surface area contributed by atoms with E-state index in [2.05, 4.69) is 26.2 Å². The molecule has 16 heavy (non-hydrogen) atoms. The number of carbonyl (C=O) groups excluding carboxylic acids is 1. The van der Waals surface area contributed by atoms with Gasteiger partial charge in [0.25, 0.3) is 0 Å². The summed E-state index contributed by atoms with van der Waals surface area (Å²) >= 11 is 0. The van der Waals surface area contributed by atoms with E-state index in [1.165, 1.54) is 4.68 Å². The molecule has 1 amide bonds. The average molecular weight is 226 g/mol. The zero-order chi connectivity index (χ0) is 12.0. The van der Waals surface area contributed by atoms with E-state index in [4.69, 9.17) is 0 Å². The standard InChI is InChI=1S/C9H18N6O/c1-4-7(2)11-8(16)5-6-10-9-12-13-14-15(9)3/h7H,4-6H2,1-3H3,(H,11,16)(H,10,12,14). The molecule has 0 aliphatic rings. The fraction of sp³-hybridized carbons (Fsp3) is 0.778. The fourth-order valence-corrected chi connectivity index (χ4v) is 1.12. The first kappa shape index (κ1) is 12.4. The molecular weight excluding hydrogens is 208 g/mol. The summed E-state index contributed by atoms with van der Waals surface area (Å²) in [5.41, 5.74) is 0. The first-order valence-electron chi connectivity index (χ1n) is 5.39. The first-order chi connectivity index (χ1) is 7.63. The molecule has 0 fully saturated rings. The van der Waals surface area contributed by atoms with Gasteiger partial charge in [0.2, 0.25) is 11.9 Å². The van der Waals surface area contributed by atoms with Crippen LogP contribution in [0.15, 0.2) is 0 Å². The average Bonchev–Trinajstić information content (AvgIpc) is 2.64. The first-order valence-corrected chi connectivity index (χ1v) is 5.39. The molecule has 0 aliphatic heterocycles. The monoisotopic (exact) mass is 226 g/mol. The number of aromatic nitrogens is 4. The van der Waals surface area contributed by atoms with Crippen molar-refractivity contribution >= 4 is 11.9 Å². The van der Waals surface area contributed by atoms with Crippen LogP contribution in [0, 0.1) is 0 Å². The van der Waals surface area contributed by atoms with Crippen molar-refractivity contribution in [2.45, 2.75) is 32.7 Å². The lowest BCUT2D eigenvalue weighted by Crippen LogP contribution is -2.33. The second kappa shape index (κ2) is 6.04. The van der Waals surface area contributed by atoms with Crippen LogP contribution in [0.5, 0.6) is 0 Å². The van der Waals surface area contributed by atoms with Crippen molar-refractivity contribution in [2.75, 3.05) is 11.9 Å². The van der Waals surface area contributed by atoms with Crippen molar-refractivity contribution in [1.29, 1.82) is 0 Å². The lowest BCUT2D eigenvalue weighted by atomic mass is 10.2. The predicted molar refractivity (Wildman–Crippen MR) is 59.8 cm³/mol. The van der Waals surface area contributed by atoms with Gasteiger partial charge in [-0.1, -0.05) is 12.0 Å². The predicted octanol–water partition coefficient (Wildman–Crippen LogP) is -0.0732. The summed E-state index contributed by atoms with van der Waals surface area (Å²) in [5, 5.41) is 16.8. The largest absolute Gasteiger partial charge is 0.354 e. The number of hydrogen-bond acceptors (Lipinski definition) is 5. The number of aryl methyl sites for hydroxylation is 1. The Hall–Kier alpha value is -1.66. The number of carbonyl (C=O) groups is 1. The van der Waals surface area contributed by atoms with E-state index in [9.17, 15) is 4.79 Å². The quantitative estimate of drug-likeness (QED) is 0.709. The van der Waals surface area contributed by atoms with Gasteiger partial charge in [0.15, 0.2) is 0 Å².